The van der Waals surface area contributed by atoms with Crippen LogP contribution in [0.4, 0.5) is 0 Å². The molecule has 0 spiro atoms. The van der Waals surface area contributed by atoms with Crippen LogP contribution >= 0.6 is 0 Å². The van der Waals surface area contributed by atoms with E-state index in [1.807, 2.05) is 19.2 Å². The maximum absolute atomic E-state index is 4.27. The number of nitrogens with one attached hydrogen (secondary N) is 1. The minimum Gasteiger partial charge on any atom is -0.353 e. The molecule has 3 rings (SSSR count). The number of H-pyrrole nitrogens is 1. The molecule has 3 aromatic rings. The number of nitrogens with zero attached hydrogens (tertiary/aromatic N) is 1. The first-order valence-electron chi connectivity index (χ1n) is 4.68. The third-order valence-electron chi connectivity index (χ3n) is 2.62. The lowest BCUT2D eigenvalue weighted by Gasteiger charge is -1.92. The highest BCUT2D eigenvalue weighted by molar-refractivity contribution is 6.07. The molecule has 0 radical (unpaired) electrons. The average molecular weight is 185 g/mol. The monoisotopic (exact) mass is 185 g/mol. The summed E-state index contributed by atoms with van der Waals surface area (Å²) in [5.41, 5.74) is 3.38. The Bertz CT molecular complexity index is 608. The van der Waals surface area contributed by atoms with E-state index in [9.17, 15) is 0 Å². The van der Waals surface area contributed by atoms with E-state index in [2.05, 4.69) is 34.2 Å². The smallest absolute Gasteiger partial charge is 0.0681 e. The van der Waals surface area contributed by atoms with E-state index >= 15 is 0 Å². The first-order valence-corrected chi connectivity index (χ1v) is 4.68. The molecule has 0 amide bonds. The fourth-order valence-corrected chi connectivity index (χ4v) is 1.91. The van der Waals surface area contributed by atoms with Crippen LogP contribution < -0.4 is 0 Å². The summed E-state index contributed by atoms with van der Waals surface area (Å²) in [6.07, 6.45) is 1.86. The van der Waals surface area contributed by atoms with Gasteiger partial charge in [-0.25, -0.2) is 0 Å². The van der Waals surface area contributed by atoms with E-state index < -0.39 is 0 Å². The van der Waals surface area contributed by atoms with Gasteiger partial charge in [0.05, 0.1) is 11.2 Å². The molecule has 2 nitrogen and oxygen atoms in total. The fraction of sp³-hybridized carbons (Fsp3) is 0.0833. The maximum atomic E-state index is 4.27. The van der Waals surface area contributed by atoms with Crippen molar-refractivity contribution in [2.24, 2.45) is 0 Å². The Kier molecular flexibility index (Phi) is 1.39. The van der Waals surface area contributed by atoms with Gasteiger partial charge in [-0.1, -0.05) is 18.2 Å². The predicted molar refractivity (Wildman–Crippen MR) is 58.3 cm³/mol. The van der Waals surface area contributed by atoms with Crippen molar-refractivity contribution in [1.82, 2.24) is 9.97 Å². The molecule has 0 atom stereocenters. The van der Waals surface area contributed by atoms with E-state index in [4.69, 9.17) is 0 Å². The summed E-state index contributed by atoms with van der Waals surface area (Å²) in [7, 11) is 0. The van der Waals surface area contributed by atoms with Crippen molar-refractivity contribution in [3.63, 3.8) is 0 Å². The molecule has 2 heterocycles. The second-order valence-electron chi connectivity index (χ2n) is 3.49. The van der Waals surface area contributed by atoms with E-state index in [0.29, 0.717) is 0 Å². The van der Waals surface area contributed by atoms with Crippen LogP contribution in [0.2, 0.25) is 0 Å². The second kappa shape index (κ2) is 2.58. The summed E-state index contributed by atoms with van der Waals surface area (Å²) in [5.74, 6) is 0. The van der Waals surface area contributed by atoms with Gasteiger partial charge in [0.1, 0.15) is 0 Å². The van der Waals surface area contributed by atoms with Crippen molar-refractivity contribution < 1.29 is 0 Å². The van der Waals surface area contributed by atoms with Crippen molar-refractivity contribution >= 4 is 21.8 Å². The molecule has 0 saturated heterocycles. The fourth-order valence-electron chi connectivity index (χ4n) is 1.91. The number of para-hydroxylation sites is 1. The topological polar surface area (TPSA) is 28.7 Å². The number of aryl methyl sites for hydroxylation is 1. The van der Waals surface area contributed by atoms with Gasteiger partial charge in [-0.3, -0.25) is 4.98 Å². The lowest BCUT2D eigenvalue weighted by Crippen LogP contribution is -1.79. The zero-order valence-electron chi connectivity index (χ0n) is 7.91. The van der Waals surface area contributed by atoms with Crippen LogP contribution in [0.15, 0.2) is 36.5 Å². The van der Waals surface area contributed by atoms with Crippen molar-refractivity contribution in [3.8, 4) is 0 Å². The quantitative estimate of drug-likeness (QED) is 0.573. The number of pyridine rings is 1. The van der Waals surface area contributed by atoms with Crippen LogP contribution in [-0.2, 0) is 0 Å². The Hall–Kier alpha value is -1.83. The van der Waals surface area contributed by atoms with Crippen molar-refractivity contribution in [3.05, 3.63) is 42.2 Å². The van der Waals surface area contributed by atoms with Gasteiger partial charge < -0.3 is 4.98 Å². The average Bonchev–Trinajstić information content (AvgIpc) is 2.59. The molecule has 0 bridgehead atoms. The van der Waals surface area contributed by atoms with Crippen LogP contribution in [0.5, 0.6) is 0 Å². The van der Waals surface area contributed by atoms with Gasteiger partial charge in [-0.2, -0.15) is 0 Å². The number of hydrogen-bond donors (Lipinski definition) is 1. The van der Waals surface area contributed by atoms with Gasteiger partial charge in [0.15, 0.2) is 0 Å². The summed E-state index contributed by atoms with van der Waals surface area (Å²) in [6, 6.07) is 10.4. The Morgan fingerprint density at radius 1 is 1.07 bits per heavy atom. The van der Waals surface area contributed by atoms with Gasteiger partial charge in [-0.05, 0) is 19.1 Å². The number of fused-ring (bicyclic) bond motifs is 3. The molecule has 0 aliphatic rings. The number of benzene rings is 1. The Labute approximate surface area is 81.6 Å². The number of aromatic nitrogens is 2. The molecular weight excluding hydrogens is 175 g/mol. The molecule has 0 fully saturated rings. The zero-order chi connectivity index (χ0) is 9.54. The van der Waals surface area contributed by atoms with E-state index in [1.165, 1.54) is 16.3 Å². The highest BCUT2D eigenvalue weighted by Crippen LogP contribution is 2.25. The SMILES string of the molecule is Cc1[15n][13cH][13cH]c2c1[nH]c1ccccc12. The van der Waals surface area contributed by atoms with E-state index in [0.717, 1.165) is 11.2 Å². The molecule has 0 unspecified atom stereocenters. The molecular formula is C12H10N2. The minimum absolute atomic E-state index is 1.05. The highest BCUT2D eigenvalue weighted by atomic mass is 15.5. The zero-order valence-corrected chi connectivity index (χ0v) is 7.91. The third kappa shape index (κ3) is 0.880. The molecule has 0 saturated carbocycles. The number of rotatable bonds is 0. The molecule has 2 aromatic heterocycles. The molecule has 0 aliphatic carbocycles. The van der Waals surface area contributed by atoms with Crippen molar-refractivity contribution in [2.75, 3.05) is 0 Å². The summed E-state index contributed by atoms with van der Waals surface area (Å²) >= 11 is 0. The largest absolute Gasteiger partial charge is 0.353 e. The minimum atomic E-state index is 1.05. The van der Waals surface area contributed by atoms with Crippen molar-refractivity contribution in [2.45, 2.75) is 6.92 Å². The maximum Gasteiger partial charge on any atom is 0.0681 e. The van der Waals surface area contributed by atoms with Gasteiger partial charge >= 0.3 is 0 Å². The van der Waals surface area contributed by atoms with Crippen LogP contribution in [0.1, 0.15) is 5.69 Å². The lowest BCUT2D eigenvalue weighted by atomic mass is 10.2. The molecule has 68 valence electrons. The summed E-state index contributed by atoms with van der Waals surface area (Å²) < 4.78 is 0. The standard InChI is InChI=1S/C12H10N2/c1-8-12-10(6-7-13-8)9-4-2-3-5-11(9)14-12/h2-7,14H,1H3/i6+1,7+1,13+1. The van der Waals surface area contributed by atoms with Crippen LogP contribution in [0.3, 0.4) is 0 Å². The Morgan fingerprint density at radius 3 is 2.86 bits per heavy atom. The summed E-state index contributed by atoms with van der Waals surface area (Å²) in [5, 5.41) is 2.53. The third-order valence-corrected chi connectivity index (χ3v) is 2.62. The molecule has 1 N–H and O–H groups in total. The van der Waals surface area contributed by atoms with E-state index in [1.54, 1.807) is 0 Å². The van der Waals surface area contributed by atoms with Crippen LogP contribution in [-0.4, -0.2) is 9.97 Å². The number of hydrogen-bond acceptors (Lipinski definition) is 1. The number of aromatic amines is 1. The highest BCUT2D eigenvalue weighted by Gasteiger charge is 2.04. The van der Waals surface area contributed by atoms with Crippen LogP contribution in [0, 0.1) is 6.92 Å². The van der Waals surface area contributed by atoms with Crippen molar-refractivity contribution in [1.29, 1.82) is 0 Å². The summed E-state index contributed by atoms with van der Waals surface area (Å²) in [4.78, 5) is 7.66. The predicted octanol–water partition coefficient (Wildman–Crippen LogP) is 3.02. The van der Waals surface area contributed by atoms with Gasteiger partial charge in [0.2, 0.25) is 0 Å². The van der Waals surface area contributed by atoms with Gasteiger partial charge in [0, 0.05) is 22.5 Å². The summed E-state index contributed by atoms with van der Waals surface area (Å²) in [6.45, 7) is 2.03. The molecule has 1 aromatic carbocycles. The Morgan fingerprint density at radius 2 is 1.93 bits per heavy atom. The normalized spacial score (nSPS) is 11.2. The van der Waals surface area contributed by atoms with Gasteiger partial charge in [-0.15, -0.1) is 0 Å². The first kappa shape index (κ1) is 7.56. The van der Waals surface area contributed by atoms with Crippen LogP contribution in [0.25, 0.3) is 21.8 Å². The first-order chi connectivity index (χ1) is 6.86. The molecule has 2 heteroatoms. The second-order valence-corrected chi connectivity index (χ2v) is 3.49. The molecule has 0 aliphatic heterocycles. The van der Waals surface area contributed by atoms with E-state index in [-0.39, 0.29) is 0 Å². The Balaban J connectivity index is 2.63. The lowest BCUT2D eigenvalue weighted by molar-refractivity contribution is 1.22. The molecule has 14 heavy (non-hydrogen) atoms. The van der Waals surface area contributed by atoms with Gasteiger partial charge in [0.25, 0.3) is 0 Å².